The molecule has 0 unspecified atom stereocenters. The van der Waals surface area contributed by atoms with Crippen LogP contribution in [0.2, 0.25) is 5.02 Å². The molecule has 0 saturated heterocycles. The first-order valence-electron chi connectivity index (χ1n) is 12.9. The van der Waals surface area contributed by atoms with Crippen LogP contribution in [0.4, 0.5) is 5.69 Å². The van der Waals surface area contributed by atoms with Crippen molar-refractivity contribution in [1.29, 1.82) is 0 Å². The quantitative estimate of drug-likeness (QED) is 0.241. The van der Waals surface area contributed by atoms with Crippen molar-refractivity contribution in [3.8, 4) is 28.9 Å². The Bertz CT molecular complexity index is 1510. The second-order valence-electron chi connectivity index (χ2n) is 10.0. The highest BCUT2D eigenvalue weighted by atomic mass is 35.5. The smallest absolute Gasteiger partial charge is 0.265 e. The van der Waals surface area contributed by atoms with E-state index < -0.39 is 6.10 Å². The molecule has 1 aliphatic rings. The molecule has 0 bridgehead atoms. The molecule has 0 spiro atoms. The Balaban J connectivity index is 1.21. The molecule has 202 valence electrons. The molecule has 1 aromatic heterocycles. The number of nitrogens with zero attached hydrogens (tertiary/aromatic N) is 2. The summed E-state index contributed by atoms with van der Waals surface area (Å²) in [5, 5.41) is 3.55. The Morgan fingerprint density at radius 2 is 1.87 bits per heavy atom. The SMILES string of the molecule is CCCOc1cc(NC(=O)[C@@H](C)Oc2ccc(Oc3cnc4cc(Cl)ccc4n3)cc2)cc2c1OC(C)(C)C2. The van der Waals surface area contributed by atoms with Gasteiger partial charge in [-0.05, 0) is 75.7 Å². The second kappa shape index (κ2) is 11.0. The number of hydrogen-bond donors (Lipinski definition) is 1. The monoisotopic (exact) mass is 547 g/mol. The molecule has 1 aliphatic heterocycles. The number of benzene rings is 3. The summed E-state index contributed by atoms with van der Waals surface area (Å²) in [5.41, 5.74) is 2.70. The highest BCUT2D eigenvalue weighted by Gasteiger charge is 2.33. The van der Waals surface area contributed by atoms with Crippen LogP contribution in [0.15, 0.2) is 60.8 Å². The van der Waals surface area contributed by atoms with E-state index >= 15 is 0 Å². The maximum Gasteiger partial charge on any atom is 0.265 e. The molecule has 0 aliphatic carbocycles. The number of carbonyl (C=O) groups is 1. The molecular formula is C30H30ClN3O5. The van der Waals surface area contributed by atoms with E-state index in [0.717, 1.165) is 24.2 Å². The molecule has 39 heavy (non-hydrogen) atoms. The van der Waals surface area contributed by atoms with Gasteiger partial charge in [-0.25, -0.2) is 9.97 Å². The van der Waals surface area contributed by atoms with Gasteiger partial charge in [0.2, 0.25) is 5.88 Å². The largest absolute Gasteiger partial charge is 0.490 e. The van der Waals surface area contributed by atoms with Crippen LogP contribution in [0.5, 0.6) is 28.9 Å². The number of amides is 1. The van der Waals surface area contributed by atoms with Gasteiger partial charge in [0.15, 0.2) is 17.6 Å². The van der Waals surface area contributed by atoms with Crippen molar-refractivity contribution in [2.75, 3.05) is 11.9 Å². The Hall–Kier alpha value is -4.04. The Morgan fingerprint density at radius 1 is 1.10 bits per heavy atom. The molecule has 1 N–H and O–H groups in total. The first kappa shape index (κ1) is 26.6. The molecule has 5 rings (SSSR count). The standard InChI is InChI=1S/C30H30ClN3O5/c1-5-12-36-26-15-21(13-19-16-30(3,4)39-28(19)26)33-29(35)18(2)37-22-7-9-23(10-8-22)38-27-17-32-25-14-20(31)6-11-24(25)34-27/h6-11,13-15,17-18H,5,12,16H2,1-4H3,(H,33,35)/t18-/m1/s1. The van der Waals surface area contributed by atoms with Crippen molar-refractivity contribution >= 4 is 34.2 Å². The molecule has 0 radical (unpaired) electrons. The average molecular weight is 548 g/mol. The highest BCUT2D eigenvalue weighted by molar-refractivity contribution is 6.31. The number of hydrogen-bond acceptors (Lipinski definition) is 7. The number of nitrogens with one attached hydrogen (secondary N) is 1. The molecule has 1 amide bonds. The van der Waals surface area contributed by atoms with Gasteiger partial charge in [0, 0.05) is 28.8 Å². The maximum atomic E-state index is 12.9. The van der Waals surface area contributed by atoms with Gasteiger partial charge in [0.25, 0.3) is 5.91 Å². The molecule has 9 heteroatoms. The number of aromatic nitrogens is 2. The number of carbonyl (C=O) groups excluding carboxylic acids is 1. The molecule has 3 aromatic carbocycles. The fraction of sp³-hybridized carbons (Fsp3) is 0.300. The predicted octanol–water partition coefficient (Wildman–Crippen LogP) is 6.98. The van der Waals surface area contributed by atoms with Gasteiger partial charge in [0.05, 0.1) is 23.8 Å². The maximum absolute atomic E-state index is 12.9. The van der Waals surface area contributed by atoms with E-state index in [9.17, 15) is 4.79 Å². The van der Waals surface area contributed by atoms with Crippen molar-refractivity contribution in [2.24, 2.45) is 0 Å². The van der Waals surface area contributed by atoms with Gasteiger partial charge < -0.3 is 24.3 Å². The lowest BCUT2D eigenvalue weighted by Gasteiger charge is -2.18. The van der Waals surface area contributed by atoms with Gasteiger partial charge in [-0.15, -0.1) is 0 Å². The van der Waals surface area contributed by atoms with Crippen LogP contribution >= 0.6 is 11.6 Å². The van der Waals surface area contributed by atoms with E-state index in [2.05, 4.69) is 15.3 Å². The van der Waals surface area contributed by atoms with Crippen LogP contribution in [0.1, 0.15) is 39.7 Å². The third-order valence-electron chi connectivity index (χ3n) is 6.07. The summed E-state index contributed by atoms with van der Waals surface area (Å²) in [7, 11) is 0. The number of ether oxygens (including phenoxy) is 4. The number of fused-ring (bicyclic) bond motifs is 2. The molecule has 4 aromatic rings. The normalized spacial score (nSPS) is 14.3. The van der Waals surface area contributed by atoms with Crippen molar-refractivity contribution in [1.82, 2.24) is 9.97 Å². The van der Waals surface area contributed by atoms with Gasteiger partial charge in [-0.1, -0.05) is 18.5 Å². The van der Waals surface area contributed by atoms with Crippen molar-refractivity contribution in [3.63, 3.8) is 0 Å². The average Bonchev–Trinajstić information content (AvgIpc) is 3.22. The van der Waals surface area contributed by atoms with E-state index in [0.29, 0.717) is 51.5 Å². The van der Waals surface area contributed by atoms with Gasteiger partial charge in [-0.3, -0.25) is 4.79 Å². The van der Waals surface area contributed by atoms with Crippen LogP contribution in [0, 0.1) is 0 Å². The number of rotatable bonds is 9. The predicted molar refractivity (Wildman–Crippen MR) is 150 cm³/mol. The summed E-state index contributed by atoms with van der Waals surface area (Å²) >= 11 is 6.01. The first-order chi connectivity index (χ1) is 18.7. The summed E-state index contributed by atoms with van der Waals surface area (Å²) in [5.74, 6) is 2.56. The van der Waals surface area contributed by atoms with Gasteiger partial charge >= 0.3 is 0 Å². The summed E-state index contributed by atoms with van der Waals surface area (Å²) < 4.78 is 23.7. The molecule has 8 nitrogen and oxygen atoms in total. The minimum Gasteiger partial charge on any atom is -0.490 e. The highest BCUT2D eigenvalue weighted by Crippen LogP contribution is 2.44. The first-order valence-corrected chi connectivity index (χ1v) is 13.2. The van der Waals surface area contributed by atoms with Crippen molar-refractivity contribution < 1.29 is 23.7 Å². The third-order valence-corrected chi connectivity index (χ3v) is 6.30. The zero-order valence-electron chi connectivity index (χ0n) is 22.3. The lowest BCUT2D eigenvalue weighted by atomic mass is 10.0. The van der Waals surface area contributed by atoms with Crippen molar-refractivity contribution in [3.05, 3.63) is 71.4 Å². The summed E-state index contributed by atoms with van der Waals surface area (Å²) in [6.07, 6.45) is 2.40. The van der Waals surface area contributed by atoms with E-state index in [1.54, 1.807) is 61.7 Å². The lowest BCUT2D eigenvalue weighted by molar-refractivity contribution is -0.122. The van der Waals surface area contributed by atoms with Gasteiger partial charge in [0.1, 0.15) is 17.1 Å². The zero-order valence-corrected chi connectivity index (χ0v) is 23.0. The molecule has 2 heterocycles. The number of halogens is 1. The fourth-order valence-corrected chi connectivity index (χ4v) is 4.46. The molecule has 0 fully saturated rings. The number of anilines is 1. The summed E-state index contributed by atoms with van der Waals surface area (Å²) in [6, 6.07) is 16.0. The Labute approximate surface area is 232 Å². The third kappa shape index (κ3) is 6.34. The minimum absolute atomic E-state index is 0.276. The van der Waals surface area contributed by atoms with E-state index in [-0.39, 0.29) is 11.5 Å². The molecule has 0 saturated carbocycles. The van der Waals surface area contributed by atoms with Gasteiger partial charge in [-0.2, -0.15) is 0 Å². The van der Waals surface area contributed by atoms with Crippen LogP contribution < -0.4 is 24.3 Å². The van der Waals surface area contributed by atoms with E-state index in [4.69, 9.17) is 30.5 Å². The Kier molecular flexibility index (Phi) is 7.48. The Morgan fingerprint density at radius 3 is 2.64 bits per heavy atom. The second-order valence-corrected chi connectivity index (χ2v) is 10.5. The topological polar surface area (TPSA) is 91.8 Å². The van der Waals surface area contributed by atoms with Crippen LogP contribution in [-0.2, 0) is 11.2 Å². The molecular weight excluding hydrogens is 518 g/mol. The van der Waals surface area contributed by atoms with E-state index in [1.807, 2.05) is 26.8 Å². The fourth-order valence-electron chi connectivity index (χ4n) is 4.29. The molecule has 1 atom stereocenters. The van der Waals surface area contributed by atoms with Crippen LogP contribution in [0.25, 0.3) is 11.0 Å². The summed E-state index contributed by atoms with van der Waals surface area (Å²) in [6.45, 7) is 8.38. The van der Waals surface area contributed by atoms with Crippen molar-refractivity contribution in [2.45, 2.75) is 52.2 Å². The lowest BCUT2D eigenvalue weighted by Crippen LogP contribution is -2.30. The van der Waals surface area contributed by atoms with Crippen LogP contribution in [-0.4, -0.2) is 34.2 Å². The zero-order chi connectivity index (χ0) is 27.6. The minimum atomic E-state index is -0.740. The summed E-state index contributed by atoms with van der Waals surface area (Å²) in [4.78, 5) is 21.7. The van der Waals surface area contributed by atoms with Crippen LogP contribution in [0.3, 0.4) is 0 Å². The van der Waals surface area contributed by atoms with E-state index in [1.165, 1.54) is 0 Å².